The van der Waals surface area contributed by atoms with Crippen molar-refractivity contribution in [2.45, 2.75) is 168 Å². The molecule has 0 aliphatic heterocycles. The van der Waals surface area contributed by atoms with E-state index in [0.717, 1.165) is 31.4 Å². The number of esters is 1. The molecular formula is C29H59O6PS. The summed E-state index contributed by atoms with van der Waals surface area (Å²) in [6.07, 6.45) is 18.2. The monoisotopic (exact) mass is 566 g/mol. The van der Waals surface area contributed by atoms with Crippen LogP contribution < -0.4 is 0 Å². The lowest BCUT2D eigenvalue weighted by Gasteiger charge is -2.29. The van der Waals surface area contributed by atoms with E-state index in [0.29, 0.717) is 6.42 Å². The third-order valence-electron chi connectivity index (χ3n) is 6.34. The molecule has 0 aliphatic rings. The van der Waals surface area contributed by atoms with Crippen LogP contribution in [0.3, 0.4) is 0 Å². The molecule has 4 unspecified atom stereocenters. The summed E-state index contributed by atoms with van der Waals surface area (Å²) >= 11 is 1.84. The van der Waals surface area contributed by atoms with Gasteiger partial charge in [0, 0.05) is 11.9 Å². The van der Waals surface area contributed by atoms with Crippen molar-refractivity contribution in [3.8, 4) is 0 Å². The normalized spacial score (nSPS) is 15.9. The molecule has 0 saturated carbocycles. The number of carbonyl (C=O) groups is 1. The van der Waals surface area contributed by atoms with E-state index in [9.17, 15) is 14.3 Å². The summed E-state index contributed by atoms with van der Waals surface area (Å²) in [6.45, 7) is 11.8. The van der Waals surface area contributed by atoms with Gasteiger partial charge in [-0.15, -0.1) is 0 Å². The van der Waals surface area contributed by atoms with Crippen LogP contribution in [0.2, 0.25) is 0 Å². The van der Waals surface area contributed by atoms with E-state index in [4.69, 9.17) is 14.0 Å². The zero-order chi connectivity index (χ0) is 27.9. The van der Waals surface area contributed by atoms with E-state index in [-0.39, 0.29) is 11.9 Å². The zero-order valence-corrected chi connectivity index (χ0v) is 26.6. The molecule has 0 bridgehead atoms. The van der Waals surface area contributed by atoms with Crippen molar-refractivity contribution in [2.24, 2.45) is 0 Å². The Morgan fingerprint density at radius 3 is 1.81 bits per heavy atom. The number of hydrogen-bond donors (Lipinski definition) is 1. The fraction of sp³-hybridized carbons (Fsp3) is 0.966. The largest absolute Gasteiger partial charge is 0.461 e. The highest BCUT2D eigenvalue weighted by molar-refractivity contribution is 7.99. The molecule has 0 heterocycles. The summed E-state index contributed by atoms with van der Waals surface area (Å²) in [4.78, 5) is 23.3. The average Bonchev–Trinajstić information content (AvgIpc) is 2.83. The van der Waals surface area contributed by atoms with Gasteiger partial charge in [0.2, 0.25) is 0 Å². The van der Waals surface area contributed by atoms with Gasteiger partial charge in [-0.3, -0.25) is 4.57 Å². The second kappa shape index (κ2) is 23.8. The van der Waals surface area contributed by atoms with Crippen LogP contribution in [-0.4, -0.2) is 46.5 Å². The lowest BCUT2D eigenvalue weighted by molar-refractivity contribution is -0.156. The number of hydrogen-bond acceptors (Lipinski definition) is 6. The first-order chi connectivity index (χ1) is 17.7. The Labute approximate surface area is 233 Å². The Balaban J connectivity index is 4.90. The average molecular weight is 567 g/mol. The number of unbranched alkanes of at least 4 members (excludes halogenated alkanes) is 12. The van der Waals surface area contributed by atoms with E-state index >= 15 is 0 Å². The van der Waals surface area contributed by atoms with Crippen molar-refractivity contribution >= 4 is 25.3 Å². The zero-order valence-electron chi connectivity index (χ0n) is 24.9. The van der Waals surface area contributed by atoms with Crippen LogP contribution in [0.5, 0.6) is 0 Å². The van der Waals surface area contributed by atoms with Crippen molar-refractivity contribution in [1.82, 2.24) is 0 Å². The molecule has 37 heavy (non-hydrogen) atoms. The molecule has 0 saturated heterocycles. The summed E-state index contributed by atoms with van der Waals surface area (Å²) in [7, 11) is -4.38. The minimum absolute atomic E-state index is 0.101. The van der Waals surface area contributed by atoms with E-state index in [1.165, 1.54) is 70.6 Å². The SMILES string of the molecule is CCCCCCCCCCCSC(CCCCCCC)C(C)OP(=O)(O)C(OCCC)C(=O)OC(C)C. The van der Waals surface area contributed by atoms with E-state index < -0.39 is 31.6 Å². The fourth-order valence-electron chi connectivity index (χ4n) is 4.23. The minimum Gasteiger partial charge on any atom is -0.461 e. The number of ether oxygens (including phenoxy) is 2. The highest BCUT2D eigenvalue weighted by Gasteiger charge is 2.43. The number of rotatable bonds is 26. The molecule has 0 aromatic carbocycles. The van der Waals surface area contributed by atoms with Crippen LogP contribution in [0.15, 0.2) is 0 Å². The first kappa shape index (κ1) is 36.9. The topological polar surface area (TPSA) is 82.1 Å². The third-order valence-corrected chi connectivity index (χ3v) is 9.50. The Kier molecular flexibility index (Phi) is 23.7. The van der Waals surface area contributed by atoms with Gasteiger partial charge in [0.05, 0.1) is 12.2 Å². The first-order valence-electron chi connectivity index (χ1n) is 15.1. The lowest BCUT2D eigenvalue weighted by Crippen LogP contribution is -2.32. The maximum atomic E-state index is 13.2. The Hall–Kier alpha value is -0.0700. The summed E-state index contributed by atoms with van der Waals surface area (Å²) in [6, 6.07) is 0. The number of thioether (sulfide) groups is 1. The van der Waals surface area contributed by atoms with Crippen LogP contribution in [0.1, 0.15) is 144 Å². The van der Waals surface area contributed by atoms with Crippen LogP contribution >= 0.6 is 19.4 Å². The smallest absolute Gasteiger partial charge is 0.368 e. The molecule has 0 rings (SSSR count). The summed E-state index contributed by atoms with van der Waals surface area (Å²) in [5, 5.41) is 0.101. The molecule has 0 aromatic heterocycles. The standard InChI is InChI=1S/C29H59O6PS/c1-7-10-12-14-15-16-17-19-21-24-37-27(22-20-18-13-11-8-2)26(6)35-36(31,32)29(33-23-9-3)28(30)34-25(4)5/h25-27,29H,7-24H2,1-6H3,(H,31,32). The molecule has 0 aromatic rings. The predicted octanol–water partition coefficient (Wildman–Crippen LogP) is 9.27. The molecule has 0 amide bonds. The Bertz CT molecular complexity index is 589. The van der Waals surface area contributed by atoms with Crippen molar-refractivity contribution in [2.75, 3.05) is 12.4 Å². The van der Waals surface area contributed by atoms with Gasteiger partial charge in [-0.2, -0.15) is 11.8 Å². The van der Waals surface area contributed by atoms with Gasteiger partial charge in [-0.1, -0.05) is 104 Å². The van der Waals surface area contributed by atoms with Crippen molar-refractivity contribution in [3.63, 3.8) is 0 Å². The fourth-order valence-corrected chi connectivity index (χ4v) is 7.00. The van der Waals surface area contributed by atoms with Gasteiger partial charge < -0.3 is 18.9 Å². The molecule has 222 valence electrons. The van der Waals surface area contributed by atoms with Crippen LogP contribution in [0.4, 0.5) is 0 Å². The van der Waals surface area contributed by atoms with Gasteiger partial charge in [0.1, 0.15) is 0 Å². The van der Waals surface area contributed by atoms with Crippen molar-refractivity contribution in [3.05, 3.63) is 0 Å². The number of carbonyl (C=O) groups excluding carboxylic acids is 1. The highest BCUT2D eigenvalue weighted by atomic mass is 32.2. The molecule has 0 aliphatic carbocycles. The maximum absolute atomic E-state index is 13.2. The molecule has 0 spiro atoms. The first-order valence-corrected chi connectivity index (χ1v) is 17.8. The quantitative estimate of drug-likeness (QED) is 0.0634. The van der Waals surface area contributed by atoms with Gasteiger partial charge in [0.15, 0.2) is 0 Å². The highest BCUT2D eigenvalue weighted by Crippen LogP contribution is 2.51. The van der Waals surface area contributed by atoms with Gasteiger partial charge in [-0.25, -0.2) is 4.79 Å². The van der Waals surface area contributed by atoms with Crippen molar-refractivity contribution in [1.29, 1.82) is 0 Å². The molecular weight excluding hydrogens is 507 g/mol. The van der Waals surface area contributed by atoms with E-state index in [2.05, 4.69) is 13.8 Å². The second-order valence-electron chi connectivity index (χ2n) is 10.5. The molecule has 1 N–H and O–H groups in total. The van der Waals surface area contributed by atoms with Crippen molar-refractivity contribution < 1.29 is 28.3 Å². The third kappa shape index (κ3) is 19.6. The Morgan fingerprint density at radius 1 is 0.784 bits per heavy atom. The molecule has 4 atom stereocenters. The molecule has 8 heteroatoms. The second-order valence-corrected chi connectivity index (χ2v) is 13.7. The minimum atomic E-state index is -4.38. The van der Waals surface area contributed by atoms with Gasteiger partial charge >= 0.3 is 13.6 Å². The molecule has 6 nitrogen and oxygen atoms in total. The Morgan fingerprint density at radius 2 is 1.30 bits per heavy atom. The molecule has 0 radical (unpaired) electrons. The van der Waals surface area contributed by atoms with E-state index in [1.54, 1.807) is 13.8 Å². The maximum Gasteiger partial charge on any atom is 0.368 e. The van der Waals surface area contributed by atoms with Crippen LogP contribution in [-0.2, 0) is 23.4 Å². The van der Waals surface area contributed by atoms with Crippen LogP contribution in [0.25, 0.3) is 0 Å². The van der Waals surface area contributed by atoms with E-state index in [1.807, 2.05) is 25.6 Å². The predicted molar refractivity (Wildman–Crippen MR) is 158 cm³/mol. The van der Waals surface area contributed by atoms with Crippen LogP contribution in [0, 0.1) is 0 Å². The summed E-state index contributed by atoms with van der Waals surface area (Å²) in [5.41, 5.74) is 0. The van der Waals surface area contributed by atoms with Gasteiger partial charge in [-0.05, 0) is 45.8 Å². The summed E-state index contributed by atoms with van der Waals surface area (Å²) in [5.74, 6) is -1.42. The van der Waals surface area contributed by atoms with Gasteiger partial charge in [0.25, 0.3) is 5.85 Å². The lowest BCUT2D eigenvalue weighted by atomic mass is 10.1. The summed E-state index contributed by atoms with van der Waals surface area (Å²) < 4.78 is 29.6. The molecule has 0 fully saturated rings.